The number of hydrogen-bond acceptors (Lipinski definition) is 6. The monoisotopic (exact) mass is 337 g/mol. The minimum Gasteiger partial charge on any atom is -0.466 e. The Balaban J connectivity index is 2.03. The topological polar surface area (TPSA) is 98.7 Å². The lowest BCUT2D eigenvalue weighted by molar-refractivity contribution is -0.149. The van der Waals surface area contributed by atoms with Gasteiger partial charge in [0.05, 0.1) is 18.6 Å². The van der Waals surface area contributed by atoms with Crippen molar-refractivity contribution in [2.75, 3.05) is 19.7 Å². The summed E-state index contributed by atoms with van der Waals surface area (Å²) in [6, 6.07) is -0.329. The summed E-state index contributed by atoms with van der Waals surface area (Å²) in [5, 5.41) is 0. The Bertz CT molecular complexity index is 572. The molecule has 1 aliphatic heterocycles. The minimum atomic E-state index is -0.329. The normalized spacial score (nSPS) is 20.5. The fourth-order valence-electron chi connectivity index (χ4n) is 2.81. The molecule has 134 valence electrons. The number of nitrogens with two attached hydrogens (primary N) is 1. The number of carbonyl (C=O) groups excluding carboxylic acids is 2. The molecule has 0 spiro atoms. The minimum absolute atomic E-state index is 0.217. The van der Waals surface area contributed by atoms with E-state index < -0.39 is 0 Å². The Kier molecular flexibility index (Phi) is 6.36. The number of ether oxygens (including phenoxy) is 1. The van der Waals surface area contributed by atoms with Crippen molar-refractivity contribution in [3.63, 3.8) is 0 Å². The van der Waals surface area contributed by atoms with E-state index in [-0.39, 0.29) is 35.4 Å². The summed E-state index contributed by atoms with van der Waals surface area (Å²) in [7, 11) is 0. The highest BCUT2D eigenvalue weighted by molar-refractivity contribution is 5.92. The molecule has 0 bridgehead atoms. The van der Waals surface area contributed by atoms with Crippen molar-refractivity contribution < 1.29 is 18.7 Å². The highest BCUT2D eigenvalue weighted by Crippen LogP contribution is 2.23. The third-order valence-electron chi connectivity index (χ3n) is 4.61. The number of oxazole rings is 1. The second kappa shape index (κ2) is 8.28. The first-order chi connectivity index (χ1) is 11.5. The Morgan fingerprint density at radius 1 is 1.50 bits per heavy atom. The molecule has 0 aromatic carbocycles. The van der Waals surface area contributed by atoms with Crippen LogP contribution < -0.4 is 5.73 Å². The molecule has 2 rings (SSSR count). The highest BCUT2D eigenvalue weighted by Gasteiger charge is 2.31. The van der Waals surface area contributed by atoms with Crippen LogP contribution in [0.1, 0.15) is 62.5 Å². The molecular weight excluding hydrogens is 310 g/mol. The zero-order chi connectivity index (χ0) is 17.7. The summed E-state index contributed by atoms with van der Waals surface area (Å²) in [4.78, 5) is 30.4. The van der Waals surface area contributed by atoms with Crippen molar-refractivity contribution in [2.45, 2.75) is 46.1 Å². The van der Waals surface area contributed by atoms with Gasteiger partial charge in [-0.05, 0) is 25.7 Å². The molecule has 7 heteroatoms. The van der Waals surface area contributed by atoms with Crippen molar-refractivity contribution in [1.29, 1.82) is 0 Å². The van der Waals surface area contributed by atoms with Crippen LogP contribution in [0.25, 0.3) is 0 Å². The average Bonchev–Trinajstić information content (AvgIpc) is 3.10. The van der Waals surface area contributed by atoms with Crippen LogP contribution in [0.15, 0.2) is 10.7 Å². The maximum absolute atomic E-state index is 12.6. The molecule has 1 fully saturated rings. The molecule has 0 radical (unpaired) electrons. The number of hydrogen-bond donors (Lipinski definition) is 1. The number of carbonyl (C=O) groups is 2. The highest BCUT2D eigenvalue weighted by atomic mass is 16.5. The van der Waals surface area contributed by atoms with E-state index in [2.05, 4.69) is 4.98 Å². The second-order valence-electron chi connectivity index (χ2n) is 6.32. The first-order valence-corrected chi connectivity index (χ1v) is 8.64. The maximum Gasteiger partial charge on any atom is 0.310 e. The van der Waals surface area contributed by atoms with Crippen molar-refractivity contribution in [2.24, 2.45) is 17.6 Å². The second-order valence-corrected chi connectivity index (χ2v) is 6.32. The lowest BCUT2D eigenvalue weighted by Gasteiger charge is -2.30. The van der Waals surface area contributed by atoms with Crippen molar-refractivity contribution >= 4 is 11.9 Å². The van der Waals surface area contributed by atoms with Crippen molar-refractivity contribution in [3.8, 4) is 0 Å². The van der Waals surface area contributed by atoms with E-state index in [0.29, 0.717) is 25.6 Å². The van der Waals surface area contributed by atoms with Gasteiger partial charge in [-0.1, -0.05) is 20.3 Å². The lowest BCUT2D eigenvalue weighted by atomic mass is 9.98. The summed E-state index contributed by atoms with van der Waals surface area (Å²) < 4.78 is 10.5. The Labute approximate surface area is 142 Å². The molecule has 24 heavy (non-hydrogen) atoms. The SMILES string of the molecule is CCOC(=O)C1CCCN(C(=O)c2coc(C(N)C(C)CC)n2)C1. The van der Waals surface area contributed by atoms with Gasteiger partial charge in [-0.3, -0.25) is 9.59 Å². The Morgan fingerprint density at radius 3 is 2.92 bits per heavy atom. The number of likely N-dealkylation sites (tertiary alicyclic amines) is 1. The number of nitrogens with zero attached hydrogens (tertiary/aromatic N) is 2. The van der Waals surface area contributed by atoms with Gasteiger partial charge in [-0.25, -0.2) is 4.98 Å². The van der Waals surface area contributed by atoms with Gasteiger partial charge in [-0.15, -0.1) is 0 Å². The number of rotatable bonds is 6. The molecular formula is C17H27N3O4. The number of piperidine rings is 1. The average molecular weight is 337 g/mol. The van der Waals surface area contributed by atoms with E-state index in [9.17, 15) is 9.59 Å². The summed E-state index contributed by atoms with van der Waals surface area (Å²) in [5.74, 6) is -0.136. The quantitative estimate of drug-likeness (QED) is 0.799. The van der Waals surface area contributed by atoms with E-state index >= 15 is 0 Å². The van der Waals surface area contributed by atoms with Gasteiger partial charge in [0, 0.05) is 13.1 Å². The van der Waals surface area contributed by atoms with E-state index in [0.717, 1.165) is 19.3 Å². The van der Waals surface area contributed by atoms with E-state index in [1.54, 1.807) is 11.8 Å². The standard InChI is InChI=1S/C17H27N3O4/c1-4-11(3)14(18)15-19-13(10-24-15)16(21)20-8-6-7-12(9-20)17(22)23-5-2/h10-12,14H,4-9,18H2,1-3H3. The number of aromatic nitrogens is 1. The Morgan fingerprint density at radius 2 is 2.25 bits per heavy atom. The third-order valence-corrected chi connectivity index (χ3v) is 4.61. The molecule has 1 aliphatic rings. The summed E-state index contributed by atoms with van der Waals surface area (Å²) in [6.45, 7) is 7.16. The zero-order valence-electron chi connectivity index (χ0n) is 14.7. The van der Waals surface area contributed by atoms with Crippen molar-refractivity contribution in [1.82, 2.24) is 9.88 Å². The van der Waals surface area contributed by atoms with Crippen molar-refractivity contribution in [3.05, 3.63) is 17.8 Å². The number of amides is 1. The molecule has 2 heterocycles. The molecule has 7 nitrogen and oxygen atoms in total. The Hall–Kier alpha value is -1.89. The predicted molar refractivity (Wildman–Crippen MR) is 88.1 cm³/mol. The first kappa shape index (κ1) is 18.4. The predicted octanol–water partition coefficient (Wildman–Crippen LogP) is 2.14. The van der Waals surface area contributed by atoms with Gasteiger partial charge >= 0.3 is 5.97 Å². The fourth-order valence-corrected chi connectivity index (χ4v) is 2.81. The smallest absolute Gasteiger partial charge is 0.310 e. The maximum atomic E-state index is 12.6. The largest absolute Gasteiger partial charge is 0.466 e. The van der Waals surface area contributed by atoms with Crippen LogP contribution in [-0.2, 0) is 9.53 Å². The third kappa shape index (κ3) is 4.14. The fraction of sp³-hybridized carbons (Fsp3) is 0.706. The van der Waals surface area contributed by atoms with Crippen LogP contribution in [0.2, 0.25) is 0 Å². The molecule has 3 atom stereocenters. The first-order valence-electron chi connectivity index (χ1n) is 8.64. The lowest BCUT2D eigenvalue weighted by Crippen LogP contribution is -2.43. The summed E-state index contributed by atoms with van der Waals surface area (Å²) in [6.07, 6.45) is 3.77. The van der Waals surface area contributed by atoms with Gasteiger partial charge in [0.25, 0.3) is 5.91 Å². The van der Waals surface area contributed by atoms with Gasteiger partial charge < -0.3 is 19.8 Å². The van der Waals surface area contributed by atoms with Gasteiger partial charge in [0.1, 0.15) is 6.26 Å². The van der Waals surface area contributed by atoms with Crippen LogP contribution in [0.3, 0.4) is 0 Å². The molecule has 1 aromatic heterocycles. The van der Waals surface area contributed by atoms with Crippen LogP contribution in [-0.4, -0.2) is 41.5 Å². The molecule has 2 N–H and O–H groups in total. The zero-order valence-corrected chi connectivity index (χ0v) is 14.7. The number of esters is 1. The van der Waals surface area contributed by atoms with Crippen LogP contribution in [0, 0.1) is 11.8 Å². The van der Waals surface area contributed by atoms with E-state index in [1.165, 1.54) is 6.26 Å². The van der Waals surface area contributed by atoms with E-state index in [1.807, 2.05) is 13.8 Å². The molecule has 1 amide bonds. The van der Waals surface area contributed by atoms with Crippen LogP contribution >= 0.6 is 0 Å². The van der Waals surface area contributed by atoms with Crippen LogP contribution in [0.5, 0.6) is 0 Å². The molecule has 1 aromatic rings. The van der Waals surface area contributed by atoms with Gasteiger partial charge in [0.15, 0.2) is 5.69 Å². The summed E-state index contributed by atoms with van der Waals surface area (Å²) >= 11 is 0. The molecule has 0 aliphatic carbocycles. The molecule has 0 saturated carbocycles. The molecule has 1 saturated heterocycles. The summed E-state index contributed by atoms with van der Waals surface area (Å²) in [5.41, 5.74) is 6.34. The van der Waals surface area contributed by atoms with Gasteiger partial charge in [-0.2, -0.15) is 0 Å². The van der Waals surface area contributed by atoms with Gasteiger partial charge in [0.2, 0.25) is 5.89 Å². The van der Waals surface area contributed by atoms with Crippen LogP contribution in [0.4, 0.5) is 0 Å². The van der Waals surface area contributed by atoms with E-state index in [4.69, 9.17) is 14.9 Å². The molecule has 3 unspecified atom stereocenters.